The van der Waals surface area contributed by atoms with E-state index in [1.807, 2.05) is 48.5 Å². The lowest BCUT2D eigenvalue weighted by Crippen LogP contribution is -2.39. The van der Waals surface area contributed by atoms with Gasteiger partial charge in [-0.15, -0.1) is 0 Å². The first-order valence-electron chi connectivity index (χ1n) is 14.3. The number of aromatic nitrogens is 2. The molecule has 46 heavy (non-hydrogen) atoms. The third-order valence-electron chi connectivity index (χ3n) is 7.03. The van der Waals surface area contributed by atoms with E-state index in [1.165, 1.54) is 0 Å². The third kappa shape index (κ3) is 8.25. The highest BCUT2D eigenvalue weighted by atomic mass is 35.5. The quantitative estimate of drug-likeness (QED) is 0.0964. The standard InChI is InChI=1S/C33H31Cl2N3O8/c34-26-14-23(16-36-29(17-40)33(41)42)30(44-18-20-8-9-27-28(12-20)38-46-37-27)15-31(26)45-19-22-5-2-7-25(32(22)35)21-4-1-6-24(13-21)43-11-3-10-39/h1-2,4-9,12-15,29,36,39-40H,3,10-11,16-19H2,(H,41,42)/t29-/m1/s1. The van der Waals surface area contributed by atoms with Gasteiger partial charge >= 0.3 is 5.97 Å². The van der Waals surface area contributed by atoms with Crippen LogP contribution >= 0.6 is 23.2 Å². The Morgan fingerprint density at radius 1 is 0.870 bits per heavy atom. The number of carboxylic acid groups (broad SMARTS) is 1. The summed E-state index contributed by atoms with van der Waals surface area (Å²) in [4.78, 5) is 11.4. The van der Waals surface area contributed by atoms with Crippen LogP contribution in [0.25, 0.3) is 22.2 Å². The molecule has 1 atom stereocenters. The van der Waals surface area contributed by atoms with Crippen molar-refractivity contribution in [1.29, 1.82) is 0 Å². The maximum Gasteiger partial charge on any atom is 0.323 e. The fourth-order valence-corrected chi connectivity index (χ4v) is 5.11. The molecule has 0 radical (unpaired) electrons. The first kappa shape index (κ1) is 33.0. The van der Waals surface area contributed by atoms with E-state index < -0.39 is 18.6 Å². The van der Waals surface area contributed by atoms with Gasteiger partial charge in [0, 0.05) is 42.3 Å². The summed E-state index contributed by atoms with van der Waals surface area (Å²) in [6.07, 6.45) is 0.534. The van der Waals surface area contributed by atoms with Gasteiger partial charge in [-0.2, -0.15) is 0 Å². The van der Waals surface area contributed by atoms with Crippen molar-refractivity contribution in [2.45, 2.75) is 32.2 Å². The van der Waals surface area contributed by atoms with Crippen LogP contribution in [0.3, 0.4) is 0 Å². The monoisotopic (exact) mass is 667 g/mol. The minimum Gasteiger partial charge on any atom is -0.493 e. The average molecular weight is 669 g/mol. The van der Waals surface area contributed by atoms with E-state index in [0.717, 1.165) is 22.3 Å². The Morgan fingerprint density at radius 2 is 1.67 bits per heavy atom. The average Bonchev–Trinajstić information content (AvgIpc) is 3.53. The predicted molar refractivity (Wildman–Crippen MR) is 171 cm³/mol. The van der Waals surface area contributed by atoms with Gasteiger partial charge in [-0.1, -0.05) is 59.6 Å². The maximum atomic E-state index is 11.4. The van der Waals surface area contributed by atoms with Crippen molar-refractivity contribution in [1.82, 2.24) is 15.6 Å². The Hall–Kier alpha value is -4.39. The van der Waals surface area contributed by atoms with Gasteiger partial charge in [-0.3, -0.25) is 10.1 Å². The highest BCUT2D eigenvalue weighted by molar-refractivity contribution is 6.34. The molecular formula is C33H31Cl2N3O8. The van der Waals surface area contributed by atoms with Gasteiger partial charge < -0.3 is 29.5 Å². The smallest absolute Gasteiger partial charge is 0.323 e. The lowest BCUT2D eigenvalue weighted by atomic mass is 10.0. The Morgan fingerprint density at radius 3 is 2.48 bits per heavy atom. The Labute approximate surface area is 274 Å². The molecular weight excluding hydrogens is 637 g/mol. The third-order valence-corrected chi connectivity index (χ3v) is 7.77. The summed E-state index contributed by atoms with van der Waals surface area (Å²) in [7, 11) is 0. The lowest BCUT2D eigenvalue weighted by molar-refractivity contribution is -0.140. The molecule has 0 spiro atoms. The van der Waals surface area contributed by atoms with E-state index in [-0.39, 0.29) is 31.4 Å². The molecule has 0 aliphatic carbocycles. The molecule has 0 aliphatic heterocycles. The van der Waals surface area contributed by atoms with Crippen LogP contribution in [0.4, 0.5) is 0 Å². The number of carboxylic acids is 1. The molecule has 0 amide bonds. The number of ether oxygens (including phenoxy) is 3. The number of aliphatic carboxylic acids is 1. The first-order valence-corrected chi connectivity index (χ1v) is 15.1. The largest absolute Gasteiger partial charge is 0.493 e. The minimum atomic E-state index is -1.19. The summed E-state index contributed by atoms with van der Waals surface area (Å²) < 4.78 is 22.8. The van der Waals surface area contributed by atoms with Gasteiger partial charge in [-0.05, 0) is 51.8 Å². The molecule has 11 nitrogen and oxygen atoms in total. The number of hydrogen-bond donors (Lipinski definition) is 4. The fourth-order valence-electron chi connectivity index (χ4n) is 4.58. The summed E-state index contributed by atoms with van der Waals surface area (Å²) in [5, 5.41) is 39.1. The second-order valence-electron chi connectivity index (χ2n) is 10.2. The van der Waals surface area contributed by atoms with Crippen LogP contribution in [0.1, 0.15) is 23.1 Å². The Bertz CT molecular complexity index is 1800. The Balaban J connectivity index is 1.36. The minimum absolute atomic E-state index is 0.0513. The summed E-state index contributed by atoms with van der Waals surface area (Å²) in [6, 6.07) is 20.6. The number of nitrogens with one attached hydrogen (secondary N) is 1. The molecule has 5 aromatic rings. The molecule has 5 rings (SSSR count). The Kier molecular flexibility index (Phi) is 11.3. The van der Waals surface area contributed by atoms with Gasteiger partial charge in [0.25, 0.3) is 0 Å². The molecule has 1 heterocycles. The normalized spacial score (nSPS) is 11.8. The van der Waals surface area contributed by atoms with Crippen molar-refractivity contribution < 1.29 is 39.0 Å². The zero-order chi connectivity index (χ0) is 32.5. The number of aliphatic hydroxyl groups excluding tert-OH is 2. The number of hydrogen-bond acceptors (Lipinski definition) is 10. The van der Waals surface area contributed by atoms with Crippen molar-refractivity contribution in [3.8, 4) is 28.4 Å². The molecule has 0 fully saturated rings. The zero-order valence-electron chi connectivity index (χ0n) is 24.5. The molecule has 0 unspecified atom stereocenters. The lowest BCUT2D eigenvalue weighted by Gasteiger charge is -2.18. The van der Waals surface area contributed by atoms with Crippen LogP contribution in [-0.4, -0.2) is 57.5 Å². The summed E-state index contributed by atoms with van der Waals surface area (Å²) >= 11 is 13.5. The zero-order valence-corrected chi connectivity index (χ0v) is 26.0. The van der Waals surface area contributed by atoms with E-state index in [4.69, 9.17) is 47.1 Å². The van der Waals surface area contributed by atoms with Crippen LogP contribution in [0.5, 0.6) is 17.2 Å². The summed E-state index contributed by atoms with van der Waals surface area (Å²) in [5.41, 5.74) is 4.92. The maximum absolute atomic E-state index is 11.4. The van der Waals surface area contributed by atoms with Crippen molar-refractivity contribution in [2.75, 3.05) is 19.8 Å². The number of halogens is 2. The molecule has 4 N–H and O–H groups in total. The highest BCUT2D eigenvalue weighted by Crippen LogP contribution is 2.36. The van der Waals surface area contributed by atoms with Gasteiger partial charge in [0.05, 0.1) is 23.3 Å². The van der Waals surface area contributed by atoms with Crippen LogP contribution < -0.4 is 19.5 Å². The van der Waals surface area contributed by atoms with Crippen LogP contribution in [0, 0.1) is 0 Å². The SMILES string of the molecule is O=C(O)[C@@H](CO)NCc1cc(Cl)c(OCc2cccc(-c3cccc(OCCCO)c3)c2Cl)cc1OCc1ccc2nonc2c1. The molecule has 0 bridgehead atoms. The van der Waals surface area contributed by atoms with Crippen LogP contribution in [0.15, 0.2) is 77.4 Å². The molecule has 0 aliphatic rings. The second-order valence-corrected chi connectivity index (χ2v) is 11.0. The van der Waals surface area contributed by atoms with E-state index in [9.17, 15) is 15.0 Å². The van der Waals surface area contributed by atoms with E-state index in [2.05, 4.69) is 15.6 Å². The number of nitrogens with zero attached hydrogens (tertiary/aromatic N) is 2. The van der Waals surface area contributed by atoms with E-state index in [1.54, 1.807) is 24.3 Å². The van der Waals surface area contributed by atoms with Crippen molar-refractivity contribution in [3.63, 3.8) is 0 Å². The fraction of sp³-hybridized carbons (Fsp3) is 0.242. The van der Waals surface area contributed by atoms with Crippen molar-refractivity contribution in [3.05, 3.63) is 99.5 Å². The van der Waals surface area contributed by atoms with Crippen LogP contribution in [0.2, 0.25) is 10.0 Å². The van der Waals surface area contributed by atoms with E-state index >= 15 is 0 Å². The molecule has 1 aromatic heterocycles. The second kappa shape index (κ2) is 15.7. The molecule has 0 saturated heterocycles. The van der Waals surface area contributed by atoms with Gasteiger partial charge in [-0.25, -0.2) is 4.63 Å². The number of benzene rings is 4. The van der Waals surface area contributed by atoms with Gasteiger partial charge in [0.1, 0.15) is 47.5 Å². The molecule has 4 aromatic carbocycles. The predicted octanol–water partition coefficient (Wildman–Crippen LogP) is 5.65. The topological polar surface area (TPSA) is 156 Å². The number of fused-ring (bicyclic) bond motifs is 1. The number of carbonyl (C=O) groups is 1. The first-order chi connectivity index (χ1) is 22.4. The number of aliphatic hydroxyl groups is 2. The molecule has 13 heteroatoms. The number of rotatable bonds is 16. The van der Waals surface area contributed by atoms with E-state index in [0.29, 0.717) is 51.9 Å². The highest BCUT2D eigenvalue weighted by Gasteiger charge is 2.19. The molecule has 240 valence electrons. The summed E-state index contributed by atoms with van der Waals surface area (Å²) in [5.74, 6) is 0.203. The van der Waals surface area contributed by atoms with Gasteiger partial charge in [0.15, 0.2) is 0 Å². The van der Waals surface area contributed by atoms with Crippen molar-refractivity contribution >= 4 is 40.2 Å². The van der Waals surface area contributed by atoms with Crippen LogP contribution in [-0.2, 0) is 24.6 Å². The van der Waals surface area contributed by atoms with Gasteiger partial charge in [0.2, 0.25) is 0 Å². The molecule has 0 saturated carbocycles. The summed E-state index contributed by atoms with van der Waals surface area (Å²) in [6.45, 7) is 0.159. The van der Waals surface area contributed by atoms with Crippen molar-refractivity contribution in [2.24, 2.45) is 0 Å².